The van der Waals surface area contributed by atoms with Crippen molar-refractivity contribution in [3.63, 3.8) is 0 Å². The summed E-state index contributed by atoms with van der Waals surface area (Å²) >= 11 is 5.95. The van der Waals surface area contributed by atoms with Crippen LogP contribution in [0.4, 0.5) is 10.5 Å². The zero-order valence-electron chi connectivity index (χ0n) is 11.7. The van der Waals surface area contributed by atoms with Crippen molar-refractivity contribution in [3.05, 3.63) is 28.8 Å². The van der Waals surface area contributed by atoms with Gasteiger partial charge < -0.3 is 21.2 Å². The molecule has 7 heteroatoms. The smallest absolute Gasteiger partial charge is 0.321 e. The number of carbonyl (C=O) groups is 1. The number of hydrogen-bond donors (Lipinski definition) is 3. The van der Waals surface area contributed by atoms with Crippen LogP contribution in [0.3, 0.4) is 0 Å². The van der Waals surface area contributed by atoms with Crippen LogP contribution in [-0.2, 0) is 0 Å². The van der Waals surface area contributed by atoms with E-state index in [1.165, 1.54) is 0 Å². The maximum Gasteiger partial charge on any atom is 0.321 e. The van der Waals surface area contributed by atoms with Gasteiger partial charge in [0.1, 0.15) is 0 Å². The van der Waals surface area contributed by atoms with Crippen molar-refractivity contribution < 1.29 is 10.0 Å². The molecule has 4 N–H and O–H groups in total. The number of nitrogens with one attached hydrogen (secondary N) is 1. The Bertz CT molecular complexity index is 540. The summed E-state index contributed by atoms with van der Waals surface area (Å²) in [5, 5.41) is 15.0. The van der Waals surface area contributed by atoms with E-state index in [0.717, 1.165) is 38.8 Å². The molecule has 1 aromatic carbocycles. The SMILES string of the molecule is NC(=NO)c1ccc(Cl)cc1NC(=O)N1CCCCCC1. The standard InChI is InChI=1S/C14H19ClN4O2/c15-10-5-6-11(13(16)18-21)12(9-10)17-14(20)19-7-3-1-2-4-8-19/h5-6,9,21H,1-4,7-8H2,(H2,16,18)(H,17,20). The van der Waals surface area contributed by atoms with Gasteiger partial charge in [-0.3, -0.25) is 0 Å². The first-order chi connectivity index (χ1) is 10.1. The maximum atomic E-state index is 12.3. The van der Waals surface area contributed by atoms with Gasteiger partial charge in [-0.1, -0.05) is 29.6 Å². The number of likely N-dealkylation sites (tertiary alicyclic amines) is 1. The van der Waals surface area contributed by atoms with E-state index < -0.39 is 0 Å². The number of benzene rings is 1. The Kier molecular flexibility index (Phi) is 5.27. The molecule has 0 aliphatic carbocycles. The van der Waals surface area contributed by atoms with Crippen LogP contribution >= 0.6 is 11.6 Å². The minimum atomic E-state index is -0.189. The molecule has 1 aliphatic heterocycles. The third-order valence-electron chi connectivity index (χ3n) is 3.50. The van der Waals surface area contributed by atoms with E-state index in [4.69, 9.17) is 22.5 Å². The lowest BCUT2D eigenvalue weighted by atomic mass is 10.1. The molecule has 0 atom stereocenters. The summed E-state index contributed by atoms with van der Waals surface area (Å²) in [6, 6.07) is 4.63. The lowest BCUT2D eigenvalue weighted by Crippen LogP contribution is -2.36. The summed E-state index contributed by atoms with van der Waals surface area (Å²) in [4.78, 5) is 14.1. The van der Waals surface area contributed by atoms with Crippen molar-refractivity contribution in [1.29, 1.82) is 0 Å². The van der Waals surface area contributed by atoms with Gasteiger partial charge in [-0.25, -0.2) is 4.79 Å². The molecule has 0 unspecified atom stereocenters. The fourth-order valence-corrected chi connectivity index (χ4v) is 2.54. The van der Waals surface area contributed by atoms with E-state index >= 15 is 0 Å². The summed E-state index contributed by atoms with van der Waals surface area (Å²) < 4.78 is 0. The number of carbonyl (C=O) groups excluding carboxylic acids is 1. The van der Waals surface area contributed by atoms with Crippen LogP contribution in [0.1, 0.15) is 31.2 Å². The maximum absolute atomic E-state index is 12.3. The molecule has 0 saturated carbocycles. The number of nitrogens with zero attached hydrogens (tertiary/aromatic N) is 2. The van der Waals surface area contributed by atoms with E-state index in [1.54, 1.807) is 23.1 Å². The number of anilines is 1. The van der Waals surface area contributed by atoms with E-state index in [1.807, 2.05) is 0 Å². The molecule has 0 aromatic heterocycles. The average molecular weight is 311 g/mol. The second-order valence-corrected chi connectivity index (χ2v) is 5.44. The van der Waals surface area contributed by atoms with Crippen LogP contribution in [0, 0.1) is 0 Å². The van der Waals surface area contributed by atoms with E-state index in [-0.39, 0.29) is 11.9 Å². The fraction of sp³-hybridized carbons (Fsp3) is 0.429. The number of halogens is 1. The molecule has 0 spiro atoms. The van der Waals surface area contributed by atoms with Crippen molar-refractivity contribution >= 4 is 29.2 Å². The number of nitrogens with two attached hydrogens (primary N) is 1. The molecule has 2 rings (SSSR count). The van der Waals surface area contributed by atoms with Gasteiger partial charge in [0.2, 0.25) is 0 Å². The van der Waals surface area contributed by atoms with E-state index in [9.17, 15) is 4.79 Å². The molecule has 2 amide bonds. The molecule has 0 bridgehead atoms. The van der Waals surface area contributed by atoms with Gasteiger partial charge in [-0.15, -0.1) is 0 Å². The molecule has 114 valence electrons. The lowest BCUT2D eigenvalue weighted by molar-refractivity contribution is 0.214. The molecule has 1 aliphatic rings. The predicted octanol–water partition coefficient (Wildman–Crippen LogP) is 2.84. The summed E-state index contributed by atoms with van der Waals surface area (Å²) in [6.07, 6.45) is 4.32. The number of amides is 2. The van der Waals surface area contributed by atoms with Gasteiger partial charge in [0.15, 0.2) is 5.84 Å². The van der Waals surface area contributed by atoms with Gasteiger partial charge in [-0.2, -0.15) is 0 Å². The molecule has 1 heterocycles. The van der Waals surface area contributed by atoms with Crippen molar-refractivity contribution in [1.82, 2.24) is 4.90 Å². The lowest BCUT2D eigenvalue weighted by Gasteiger charge is -2.21. The minimum absolute atomic E-state index is 0.0715. The first-order valence-corrected chi connectivity index (χ1v) is 7.33. The van der Waals surface area contributed by atoms with Gasteiger partial charge >= 0.3 is 6.03 Å². The van der Waals surface area contributed by atoms with Gasteiger partial charge in [-0.05, 0) is 31.0 Å². The molecule has 6 nitrogen and oxygen atoms in total. The van der Waals surface area contributed by atoms with Crippen LogP contribution < -0.4 is 11.1 Å². The quantitative estimate of drug-likeness (QED) is 0.339. The Hall–Kier alpha value is -1.95. The Morgan fingerprint density at radius 3 is 2.57 bits per heavy atom. The Labute approximate surface area is 128 Å². The second kappa shape index (κ2) is 7.17. The summed E-state index contributed by atoms with van der Waals surface area (Å²) in [5.41, 5.74) is 6.49. The van der Waals surface area contributed by atoms with Crippen LogP contribution in [0.25, 0.3) is 0 Å². The second-order valence-electron chi connectivity index (χ2n) is 5.01. The molecular formula is C14H19ClN4O2. The highest BCUT2D eigenvalue weighted by atomic mass is 35.5. The topological polar surface area (TPSA) is 91.0 Å². The number of urea groups is 1. The summed E-state index contributed by atoms with van der Waals surface area (Å²) in [5.74, 6) is -0.0715. The Morgan fingerprint density at radius 1 is 1.29 bits per heavy atom. The fourth-order valence-electron chi connectivity index (χ4n) is 2.37. The molecule has 1 fully saturated rings. The number of amidine groups is 1. The Balaban J connectivity index is 2.17. The largest absolute Gasteiger partial charge is 0.409 e. The number of hydrogen-bond acceptors (Lipinski definition) is 3. The minimum Gasteiger partial charge on any atom is -0.409 e. The highest BCUT2D eigenvalue weighted by Crippen LogP contribution is 2.22. The molecule has 1 saturated heterocycles. The molecule has 1 aromatic rings. The van der Waals surface area contributed by atoms with E-state index in [0.29, 0.717) is 16.3 Å². The van der Waals surface area contributed by atoms with Crippen molar-refractivity contribution in [3.8, 4) is 0 Å². The van der Waals surface area contributed by atoms with Crippen molar-refractivity contribution in [2.24, 2.45) is 10.9 Å². The normalized spacial score (nSPS) is 16.4. The van der Waals surface area contributed by atoms with Crippen LogP contribution in [0.15, 0.2) is 23.4 Å². The highest BCUT2D eigenvalue weighted by molar-refractivity contribution is 6.31. The van der Waals surface area contributed by atoms with Crippen molar-refractivity contribution in [2.45, 2.75) is 25.7 Å². The molecular weight excluding hydrogens is 292 g/mol. The number of rotatable bonds is 2. The van der Waals surface area contributed by atoms with Crippen LogP contribution in [0.2, 0.25) is 5.02 Å². The Morgan fingerprint density at radius 2 is 1.95 bits per heavy atom. The monoisotopic (exact) mass is 310 g/mol. The van der Waals surface area contributed by atoms with E-state index in [2.05, 4.69) is 10.5 Å². The first kappa shape index (κ1) is 15.4. The third-order valence-corrected chi connectivity index (χ3v) is 3.74. The summed E-state index contributed by atoms with van der Waals surface area (Å²) in [6.45, 7) is 1.48. The van der Waals surface area contributed by atoms with Crippen molar-refractivity contribution in [2.75, 3.05) is 18.4 Å². The predicted molar refractivity (Wildman–Crippen MR) is 83.0 cm³/mol. The first-order valence-electron chi connectivity index (χ1n) is 6.95. The average Bonchev–Trinajstić information content (AvgIpc) is 2.76. The van der Waals surface area contributed by atoms with Gasteiger partial charge in [0, 0.05) is 23.7 Å². The third kappa shape index (κ3) is 4.01. The molecule has 21 heavy (non-hydrogen) atoms. The zero-order chi connectivity index (χ0) is 15.2. The zero-order valence-corrected chi connectivity index (χ0v) is 12.4. The van der Waals surface area contributed by atoms with Crippen LogP contribution in [-0.4, -0.2) is 35.1 Å². The number of oxime groups is 1. The van der Waals surface area contributed by atoms with Gasteiger partial charge in [0.05, 0.1) is 5.69 Å². The van der Waals surface area contributed by atoms with Crippen LogP contribution in [0.5, 0.6) is 0 Å². The van der Waals surface area contributed by atoms with Gasteiger partial charge in [0.25, 0.3) is 0 Å². The highest BCUT2D eigenvalue weighted by Gasteiger charge is 2.17. The summed E-state index contributed by atoms with van der Waals surface area (Å²) in [7, 11) is 0. The molecule has 0 radical (unpaired) electrons.